The molecule has 0 unspecified atom stereocenters. The number of methoxy groups -OCH3 is 1. The maximum atomic E-state index is 13.1. The topological polar surface area (TPSA) is 78.9 Å². The lowest BCUT2D eigenvalue weighted by atomic mass is 9.67. The second-order valence-electron chi connectivity index (χ2n) is 7.86. The van der Waals surface area contributed by atoms with Crippen molar-refractivity contribution in [3.8, 4) is 0 Å². The van der Waals surface area contributed by atoms with Gasteiger partial charge in [-0.25, -0.2) is 4.79 Å². The van der Waals surface area contributed by atoms with Gasteiger partial charge >= 0.3 is 5.97 Å². The maximum Gasteiger partial charge on any atom is 0.334 e. The minimum Gasteiger partial charge on any atom is -0.504 e. The van der Waals surface area contributed by atoms with Crippen LogP contribution in [0.5, 0.6) is 0 Å². The van der Waals surface area contributed by atoms with E-state index in [9.17, 15) is 14.7 Å². The molecule has 4 rings (SSSR count). The number of hydrogen-bond acceptors (Lipinski definition) is 4. The normalized spacial score (nSPS) is 32.9. The average molecular weight is 370 g/mol. The maximum absolute atomic E-state index is 13.1. The summed E-state index contributed by atoms with van der Waals surface area (Å²) in [5, 5.41) is 12.8. The smallest absolute Gasteiger partial charge is 0.334 e. The van der Waals surface area contributed by atoms with Gasteiger partial charge in [-0.2, -0.15) is 0 Å². The molecule has 3 aliphatic rings. The Kier molecular flexibility index (Phi) is 4.46. The number of aliphatic carboxylic acids is 1. The number of ether oxygens (including phenoxy) is 1. The molecule has 3 heterocycles. The number of carboxylic acid groups (broad SMARTS) is 1. The Morgan fingerprint density at radius 1 is 1.44 bits per heavy atom. The van der Waals surface area contributed by atoms with Gasteiger partial charge in [-0.1, -0.05) is 31.5 Å². The number of fused-ring (bicyclic) bond motifs is 4. The van der Waals surface area contributed by atoms with Gasteiger partial charge in [0, 0.05) is 18.3 Å². The molecular weight excluding hydrogens is 344 g/mol. The Labute approximate surface area is 159 Å². The first-order valence-corrected chi connectivity index (χ1v) is 9.64. The number of benzene rings is 1. The molecule has 1 amide bonds. The fraction of sp³-hybridized carbons (Fsp3) is 0.524. The van der Waals surface area contributed by atoms with Crippen LogP contribution in [0.1, 0.15) is 31.7 Å². The van der Waals surface area contributed by atoms with Crippen molar-refractivity contribution >= 4 is 17.6 Å². The zero-order valence-electron chi connectivity index (χ0n) is 15.8. The summed E-state index contributed by atoms with van der Waals surface area (Å²) in [7, 11) is 1.48. The molecule has 27 heavy (non-hydrogen) atoms. The summed E-state index contributed by atoms with van der Waals surface area (Å²) in [5.41, 5.74) is 1.69. The molecule has 2 fully saturated rings. The van der Waals surface area contributed by atoms with E-state index in [2.05, 4.69) is 17.1 Å². The largest absolute Gasteiger partial charge is 0.504 e. The molecule has 0 aromatic heterocycles. The number of carbonyl (C=O) groups is 2. The summed E-state index contributed by atoms with van der Waals surface area (Å²) >= 11 is 0. The molecule has 0 bridgehead atoms. The van der Waals surface area contributed by atoms with Crippen LogP contribution in [0.4, 0.5) is 5.69 Å². The lowest BCUT2D eigenvalue weighted by Crippen LogP contribution is -2.53. The number of nitrogens with zero attached hydrogens (tertiary/aromatic N) is 1. The van der Waals surface area contributed by atoms with Crippen molar-refractivity contribution in [3.05, 3.63) is 41.7 Å². The summed E-state index contributed by atoms with van der Waals surface area (Å²) < 4.78 is 5.08. The molecule has 144 valence electrons. The van der Waals surface area contributed by atoms with Gasteiger partial charge in [0.15, 0.2) is 0 Å². The first kappa shape index (κ1) is 18.0. The third-order valence-corrected chi connectivity index (χ3v) is 6.79. The van der Waals surface area contributed by atoms with Crippen LogP contribution in [0.25, 0.3) is 0 Å². The van der Waals surface area contributed by atoms with E-state index in [0.29, 0.717) is 12.0 Å². The van der Waals surface area contributed by atoms with Crippen LogP contribution in [0.15, 0.2) is 36.1 Å². The van der Waals surface area contributed by atoms with Crippen molar-refractivity contribution in [2.75, 3.05) is 25.5 Å². The molecule has 1 spiro atoms. The van der Waals surface area contributed by atoms with Crippen LogP contribution in [-0.2, 0) is 19.7 Å². The van der Waals surface area contributed by atoms with Crippen molar-refractivity contribution in [1.82, 2.24) is 4.90 Å². The number of rotatable bonds is 4. The highest BCUT2D eigenvalue weighted by atomic mass is 16.5. The minimum absolute atomic E-state index is 0.00792. The zero-order chi connectivity index (χ0) is 19.2. The first-order chi connectivity index (χ1) is 13.0. The molecule has 1 aromatic carbocycles. The van der Waals surface area contributed by atoms with Gasteiger partial charge in [-0.15, -0.1) is 0 Å². The van der Waals surface area contributed by atoms with Gasteiger partial charge in [0.1, 0.15) is 0 Å². The first-order valence-electron chi connectivity index (χ1n) is 9.64. The summed E-state index contributed by atoms with van der Waals surface area (Å²) in [5.74, 6) is -0.757. The number of para-hydroxylation sites is 1. The van der Waals surface area contributed by atoms with Crippen molar-refractivity contribution in [2.24, 2.45) is 11.8 Å². The molecule has 2 saturated heterocycles. The van der Waals surface area contributed by atoms with Crippen LogP contribution < -0.4 is 5.32 Å². The van der Waals surface area contributed by atoms with Crippen LogP contribution in [0.3, 0.4) is 0 Å². The fourth-order valence-electron chi connectivity index (χ4n) is 5.52. The summed E-state index contributed by atoms with van der Waals surface area (Å²) in [6, 6.07) is 7.92. The van der Waals surface area contributed by atoms with E-state index in [1.54, 1.807) is 0 Å². The summed E-state index contributed by atoms with van der Waals surface area (Å²) in [6.07, 6.45) is 3.70. The minimum atomic E-state index is -0.933. The highest BCUT2D eigenvalue weighted by Gasteiger charge is 2.60. The van der Waals surface area contributed by atoms with Crippen LogP contribution in [-0.4, -0.2) is 48.1 Å². The van der Waals surface area contributed by atoms with Gasteiger partial charge in [0.25, 0.3) is 0 Å². The molecular formula is C21H26N2O4. The Hall–Kier alpha value is -2.34. The standard InChI is InChI=1S/C21H26N2O4/c1-3-13-11-23-9-8-21(16-6-4-5-7-17(16)22-20(21)26)18(23)10-14(13)15(12-27-2)19(24)25/h4-7,12-14,18H,3,8-11H2,1-2H3,(H,22,26)(H,24,25)/b15-12+/t13-,14-,18+,21+/m0/s1. The van der Waals surface area contributed by atoms with Crippen LogP contribution in [0, 0.1) is 11.8 Å². The van der Waals surface area contributed by atoms with Crippen molar-refractivity contribution in [3.63, 3.8) is 0 Å². The molecule has 0 saturated carbocycles. The second-order valence-corrected chi connectivity index (χ2v) is 7.86. The van der Waals surface area contributed by atoms with Crippen molar-refractivity contribution < 1.29 is 19.4 Å². The fourth-order valence-corrected chi connectivity index (χ4v) is 5.52. The molecule has 6 heteroatoms. The van der Waals surface area contributed by atoms with E-state index < -0.39 is 11.4 Å². The quantitative estimate of drug-likeness (QED) is 0.629. The van der Waals surface area contributed by atoms with Crippen LogP contribution >= 0.6 is 0 Å². The van der Waals surface area contributed by atoms with Crippen molar-refractivity contribution in [2.45, 2.75) is 37.6 Å². The highest BCUT2D eigenvalue weighted by molar-refractivity contribution is 6.07. The molecule has 2 N–H and O–H groups in total. The lowest BCUT2D eigenvalue weighted by Gasteiger charge is -2.44. The highest BCUT2D eigenvalue weighted by Crippen LogP contribution is 2.53. The van der Waals surface area contributed by atoms with Gasteiger partial charge in [-0.05, 0) is 42.9 Å². The van der Waals surface area contributed by atoms with E-state index >= 15 is 0 Å². The average Bonchev–Trinajstić information content (AvgIpc) is 3.18. The predicted octanol–water partition coefficient (Wildman–Crippen LogP) is 2.61. The number of piperidine rings is 1. The number of nitrogens with one attached hydrogen (secondary N) is 1. The van der Waals surface area contributed by atoms with E-state index in [1.165, 1.54) is 13.4 Å². The molecule has 3 aliphatic heterocycles. The molecule has 1 aromatic rings. The van der Waals surface area contributed by atoms with E-state index in [0.717, 1.165) is 37.2 Å². The zero-order valence-corrected chi connectivity index (χ0v) is 15.8. The third kappa shape index (κ3) is 2.57. The van der Waals surface area contributed by atoms with E-state index in [1.807, 2.05) is 24.3 Å². The summed E-state index contributed by atoms with van der Waals surface area (Å²) in [6.45, 7) is 3.79. The van der Waals surface area contributed by atoms with Gasteiger partial charge in [-0.3, -0.25) is 9.69 Å². The Bertz CT molecular complexity index is 805. The predicted molar refractivity (Wildman–Crippen MR) is 101 cm³/mol. The third-order valence-electron chi connectivity index (χ3n) is 6.79. The number of anilines is 1. The molecule has 0 radical (unpaired) electrons. The van der Waals surface area contributed by atoms with E-state index in [-0.39, 0.29) is 23.8 Å². The monoisotopic (exact) mass is 370 g/mol. The number of carboxylic acids is 1. The molecule has 0 aliphatic carbocycles. The Morgan fingerprint density at radius 3 is 2.93 bits per heavy atom. The van der Waals surface area contributed by atoms with Gasteiger partial charge in [0.2, 0.25) is 5.91 Å². The van der Waals surface area contributed by atoms with Gasteiger partial charge < -0.3 is 15.2 Å². The summed E-state index contributed by atoms with van der Waals surface area (Å²) in [4.78, 5) is 27.4. The Balaban J connectivity index is 1.75. The number of carbonyl (C=O) groups excluding carboxylic acids is 1. The molecule has 6 nitrogen and oxygen atoms in total. The van der Waals surface area contributed by atoms with Crippen LogP contribution in [0.2, 0.25) is 0 Å². The lowest BCUT2D eigenvalue weighted by molar-refractivity contribution is -0.134. The second kappa shape index (κ2) is 6.68. The van der Waals surface area contributed by atoms with Crippen molar-refractivity contribution in [1.29, 1.82) is 0 Å². The molecule has 4 atom stereocenters. The number of hydrogen-bond donors (Lipinski definition) is 2. The van der Waals surface area contributed by atoms with E-state index in [4.69, 9.17) is 4.74 Å². The number of amides is 1. The van der Waals surface area contributed by atoms with Gasteiger partial charge in [0.05, 0.1) is 24.4 Å². The SMILES string of the molecule is CC[C@H]1CN2CC[C@]3(C(=O)Nc4ccccc43)[C@H]2C[C@@H]1/C(=C\OC)C(=O)O. The Morgan fingerprint density at radius 2 is 2.22 bits per heavy atom.